The second kappa shape index (κ2) is 7.22. The molecule has 0 saturated carbocycles. The zero-order valence-electron chi connectivity index (χ0n) is 15.3. The molecule has 4 nitrogen and oxygen atoms in total. The Morgan fingerprint density at radius 3 is 2.50 bits per heavy atom. The zero-order valence-corrected chi connectivity index (χ0v) is 15.3. The number of piperazine rings is 1. The summed E-state index contributed by atoms with van der Waals surface area (Å²) >= 11 is 0. The lowest BCUT2D eigenvalue weighted by molar-refractivity contribution is 0.0697. The van der Waals surface area contributed by atoms with Gasteiger partial charge >= 0.3 is 5.97 Å². The number of rotatable bonds is 5. The van der Waals surface area contributed by atoms with E-state index in [-0.39, 0.29) is 6.04 Å². The monoisotopic (exact) mass is 350 g/mol. The molecule has 1 unspecified atom stereocenters. The maximum absolute atomic E-state index is 11.8. The SMILES string of the molecule is CCCCN1CCN(C2c3ccccc3-c3c(C(=O)O)cccc32)CC1. The van der Waals surface area contributed by atoms with Gasteiger partial charge in [0.2, 0.25) is 0 Å². The Labute approximate surface area is 155 Å². The largest absolute Gasteiger partial charge is 0.478 e. The van der Waals surface area contributed by atoms with Crippen molar-refractivity contribution in [3.05, 3.63) is 59.2 Å². The number of fused-ring (bicyclic) bond motifs is 3. The molecule has 0 aromatic heterocycles. The maximum atomic E-state index is 11.8. The molecule has 4 heteroatoms. The molecule has 1 heterocycles. The minimum atomic E-state index is -0.846. The van der Waals surface area contributed by atoms with E-state index in [0.29, 0.717) is 5.56 Å². The van der Waals surface area contributed by atoms with Crippen molar-refractivity contribution in [1.29, 1.82) is 0 Å². The molecule has 2 aromatic carbocycles. The lowest BCUT2D eigenvalue weighted by atomic mass is 9.99. The maximum Gasteiger partial charge on any atom is 0.336 e. The number of carbonyl (C=O) groups is 1. The molecule has 136 valence electrons. The molecule has 1 saturated heterocycles. The standard InChI is InChI=1S/C22H26N2O2/c1-2-3-11-23-12-14-24(15-13-23)21-17-8-5-4-7-16(17)20-18(21)9-6-10-19(20)22(25)26/h4-10,21H,2-3,11-15H2,1H3,(H,25,26). The Bertz CT molecular complexity index is 810. The topological polar surface area (TPSA) is 43.8 Å². The lowest BCUT2D eigenvalue weighted by Crippen LogP contribution is -2.47. The van der Waals surface area contributed by atoms with E-state index in [4.69, 9.17) is 0 Å². The van der Waals surface area contributed by atoms with Crippen LogP contribution in [-0.2, 0) is 0 Å². The van der Waals surface area contributed by atoms with Crippen LogP contribution in [0.1, 0.15) is 47.3 Å². The highest BCUT2D eigenvalue weighted by Gasteiger charge is 2.36. The molecule has 2 aliphatic rings. The number of hydrogen-bond acceptors (Lipinski definition) is 3. The Hall–Kier alpha value is -2.17. The van der Waals surface area contributed by atoms with Crippen LogP contribution in [-0.4, -0.2) is 53.6 Å². The third-order valence-corrected chi connectivity index (χ3v) is 5.75. The van der Waals surface area contributed by atoms with Crippen molar-refractivity contribution in [2.75, 3.05) is 32.7 Å². The van der Waals surface area contributed by atoms with Crippen LogP contribution in [0.15, 0.2) is 42.5 Å². The molecule has 0 bridgehead atoms. The van der Waals surface area contributed by atoms with Gasteiger partial charge in [-0.05, 0) is 35.7 Å². The van der Waals surface area contributed by atoms with E-state index in [9.17, 15) is 9.90 Å². The van der Waals surface area contributed by atoms with Gasteiger partial charge in [0.05, 0.1) is 11.6 Å². The number of benzene rings is 2. The zero-order chi connectivity index (χ0) is 18.1. The molecule has 1 atom stereocenters. The minimum absolute atomic E-state index is 0.175. The van der Waals surface area contributed by atoms with Gasteiger partial charge in [-0.2, -0.15) is 0 Å². The van der Waals surface area contributed by atoms with Crippen molar-refractivity contribution in [1.82, 2.24) is 9.80 Å². The fourth-order valence-corrected chi connectivity index (χ4v) is 4.43. The van der Waals surface area contributed by atoms with Gasteiger partial charge in [0.1, 0.15) is 0 Å². The highest BCUT2D eigenvalue weighted by atomic mass is 16.4. The van der Waals surface area contributed by atoms with Crippen molar-refractivity contribution < 1.29 is 9.90 Å². The Balaban J connectivity index is 1.67. The number of unbranched alkanes of at least 4 members (excludes halogenated alkanes) is 1. The quantitative estimate of drug-likeness (QED) is 0.889. The van der Waals surface area contributed by atoms with Crippen LogP contribution in [0.3, 0.4) is 0 Å². The van der Waals surface area contributed by atoms with Crippen LogP contribution in [0.4, 0.5) is 0 Å². The molecule has 26 heavy (non-hydrogen) atoms. The van der Waals surface area contributed by atoms with E-state index in [1.807, 2.05) is 12.1 Å². The van der Waals surface area contributed by atoms with Gasteiger partial charge in [-0.1, -0.05) is 49.7 Å². The summed E-state index contributed by atoms with van der Waals surface area (Å²) in [5.41, 5.74) is 4.80. The van der Waals surface area contributed by atoms with Crippen LogP contribution >= 0.6 is 0 Å². The summed E-state index contributed by atoms with van der Waals surface area (Å²) < 4.78 is 0. The van der Waals surface area contributed by atoms with Gasteiger partial charge in [0.25, 0.3) is 0 Å². The highest BCUT2D eigenvalue weighted by molar-refractivity contribution is 5.99. The highest BCUT2D eigenvalue weighted by Crippen LogP contribution is 2.47. The fourth-order valence-electron chi connectivity index (χ4n) is 4.43. The average molecular weight is 350 g/mol. The smallest absolute Gasteiger partial charge is 0.336 e. The van der Waals surface area contributed by atoms with Gasteiger partial charge in [0, 0.05) is 31.7 Å². The van der Waals surface area contributed by atoms with E-state index in [2.05, 4.69) is 41.0 Å². The molecule has 2 aromatic rings. The second-order valence-corrected chi connectivity index (χ2v) is 7.30. The Morgan fingerprint density at radius 1 is 1.04 bits per heavy atom. The first kappa shape index (κ1) is 17.3. The van der Waals surface area contributed by atoms with Crippen LogP contribution < -0.4 is 0 Å². The second-order valence-electron chi connectivity index (χ2n) is 7.30. The van der Waals surface area contributed by atoms with E-state index in [1.54, 1.807) is 6.07 Å². The van der Waals surface area contributed by atoms with Gasteiger partial charge in [-0.15, -0.1) is 0 Å². The molecule has 1 aliphatic carbocycles. The third-order valence-electron chi connectivity index (χ3n) is 5.75. The van der Waals surface area contributed by atoms with Crippen LogP contribution in [0.25, 0.3) is 11.1 Å². The first-order chi connectivity index (χ1) is 12.7. The summed E-state index contributed by atoms with van der Waals surface area (Å²) in [6.07, 6.45) is 2.50. The first-order valence-electron chi connectivity index (χ1n) is 9.62. The van der Waals surface area contributed by atoms with Crippen molar-refractivity contribution >= 4 is 5.97 Å². The lowest BCUT2D eigenvalue weighted by Gasteiger charge is -2.38. The van der Waals surface area contributed by atoms with E-state index >= 15 is 0 Å². The molecular weight excluding hydrogens is 324 g/mol. The molecular formula is C22H26N2O2. The van der Waals surface area contributed by atoms with E-state index in [1.165, 1.54) is 24.9 Å². The summed E-state index contributed by atoms with van der Waals surface area (Å²) in [5.74, 6) is -0.846. The van der Waals surface area contributed by atoms with E-state index in [0.717, 1.165) is 42.9 Å². The summed E-state index contributed by atoms with van der Waals surface area (Å²) in [4.78, 5) is 16.9. The third kappa shape index (κ3) is 2.93. The molecule has 4 rings (SSSR count). The summed E-state index contributed by atoms with van der Waals surface area (Å²) in [5, 5.41) is 9.67. The van der Waals surface area contributed by atoms with Gasteiger partial charge in [-0.3, -0.25) is 4.90 Å². The predicted molar refractivity (Wildman–Crippen MR) is 104 cm³/mol. The predicted octanol–water partition coefficient (Wildman–Crippen LogP) is 3.87. The van der Waals surface area contributed by atoms with Crippen LogP contribution in [0, 0.1) is 0 Å². The number of carboxylic acid groups (broad SMARTS) is 1. The molecule has 1 aliphatic heterocycles. The average Bonchev–Trinajstić information content (AvgIpc) is 3.01. The first-order valence-corrected chi connectivity index (χ1v) is 9.62. The van der Waals surface area contributed by atoms with Crippen molar-refractivity contribution in [3.8, 4) is 11.1 Å². The van der Waals surface area contributed by atoms with Gasteiger partial charge in [0.15, 0.2) is 0 Å². The van der Waals surface area contributed by atoms with Crippen molar-refractivity contribution in [2.45, 2.75) is 25.8 Å². The number of carboxylic acids is 1. The fraction of sp³-hybridized carbons (Fsp3) is 0.409. The number of nitrogens with zero attached hydrogens (tertiary/aromatic N) is 2. The van der Waals surface area contributed by atoms with Crippen molar-refractivity contribution in [2.24, 2.45) is 0 Å². The number of aromatic carboxylic acids is 1. The summed E-state index contributed by atoms with van der Waals surface area (Å²) in [6, 6.07) is 14.2. The molecule has 0 radical (unpaired) electrons. The van der Waals surface area contributed by atoms with Gasteiger partial charge in [-0.25, -0.2) is 4.79 Å². The van der Waals surface area contributed by atoms with Crippen molar-refractivity contribution in [3.63, 3.8) is 0 Å². The minimum Gasteiger partial charge on any atom is -0.478 e. The summed E-state index contributed by atoms with van der Waals surface area (Å²) in [7, 11) is 0. The molecule has 0 spiro atoms. The summed E-state index contributed by atoms with van der Waals surface area (Å²) in [6.45, 7) is 7.66. The van der Waals surface area contributed by atoms with Gasteiger partial charge < -0.3 is 10.0 Å². The molecule has 0 amide bonds. The Kier molecular flexibility index (Phi) is 4.79. The van der Waals surface area contributed by atoms with Crippen LogP contribution in [0.2, 0.25) is 0 Å². The Morgan fingerprint density at radius 2 is 1.77 bits per heavy atom. The molecule has 1 fully saturated rings. The number of hydrogen-bond donors (Lipinski definition) is 1. The van der Waals surface area contributed by atoms with Crippen LogP contribution in [0.5, 0.6) is 0 Å². The molecule has 1 N–H and O–H groups in total. The van der Waals surface area contributed by atoms with E-state index < -0.39 is 5.97 Å². The normalized spacial score (nSPS) is 20.0.